The van der Waals surface area contributed by atoms with Crippen LogP contribution in [0, 0.1) is 0 Å². The molecule has 0 radical (unpaired) electrons. The molecule has 3 heterocycles. The first-order valence-corrected chi connectivity index (χ1v) is 8.36. The van der Waals surface area contributed by atoms with Crippen molar-refractivity contribution in [3.63, 3.8) is 0 Å². The molecule has 1 saturated heterocycles. The van der Waals surface area contributed by atoms with Gasteiger partial charge in [0.05, 0.1) is 6.04 Å². The van der Waals surface area contributed by atoms with E-state index in [-0.39, 0.29) is 6.04 Å². The second-order valence-corrected chi connectivity index (χ2v) is 6.55. The molecule has 5 nitrogen and oxygen atoms in total. The number of likely N-dealkylation sites (tertiary alicyclic amines) is 1. The number of para-hydroxylation sites is 1. The minimum atomic E-state index is -0.465. The molecule has 1 fully saturated rings. The Morgan fingerprint density at radius 1 is 1.17 bits per heavy atom. The number of aromatic nitrogens is 2. The molecule has 0 spiro atoms. The van der Waals surface area contributed by atoms with Gasteiger partial charge >= 0.3 is 0 Å². The Bertz CT molecular complexity index is 676. The van der Waals surface area contributed by atoms with Gasteiger partial charge in [0.2, 0.25) is 0 Å². The normalized spacial score (nSPS) is 25.8. The van der Waals surface area contributed by atoms with E-state index in [1.807, 2.05) is 42.2 Å². The number of piperidine rings is 1. The number of nitrogens with zero attached hydrogens (tertiary/aromatic N) is 3. The quantitative estimate of drug-likeness (QED) is 0.922. The maximum absolute atomic E-state index is 10.7. The fraction of sp³-hybridized carbons (Fsp3) is 0.500. The summed E-state index contributed by atoms with van der Waals surface area (Å²) in [6, 6.07) is 9.98. The van der Waals surface area contributed by atoms with Crippen LogP contribution in [0.25, 0.3) is 0 Å². The first-order valence-electron chi connectivity index (χ1n) is 8.36. The smallest absolute Gasteiger partial charge is 0.125 e. The molecule has 0 aliphatic carbocycles. The molecule has 2 aromatic rings. The summed E-state index contributed by atoms with van der Waals surface area (Å²) in [5.74, 6) is 1.38. The number of aliphatic hydroxyl groups excluding tert-OH is 1. The zero-order valence-corrected chi connectivity index (χ0v) is 13.4. The average molecular weight is 313 g/mol. The third-order valence-electron chi connectivity index (χ3n) is 5.29. The first-order chi connectivity index (χ1) is 11.2. The summed E-state index contributed by atoms with van der Waals surface area (Å²) in [6.07, 6.45) is 3.61. The van der Waals surface area contributed by atoms with Crippen LogP contribution in [0.5, 0.6) is 5.75 Å². The Balaban J connectivity index is 1.44. The topological polar surface area (TPSA) is 50.5 Å². The van der Waals surface area contributed by atoms with Crippen LogP contribution >= 0.6 is 0 Å². The highest BCUT2D eigenvalue weighted by Gasteiger charge is 2.35. The standard InChI is InChI=1S/C18H23N3O2/c1-20-15(6-9-19-20)13-7-10-21(11-8-13)16-12-23-17-5-3-2-4-14(17)18(16)22/h2-6,9,13,16,18,22H,7-8,10-12H2,1H3/t16?,18-/m0/s1. The molecule has 2 aliphatic rings. The van der Waals surface area contributed by atoms with Crippen molar-refractivity contribution in [3.05, 3.63) is 47.8 Å². The lowest BCUT2D eigenvalue weighted by Crippen LogP contribution is -2.49. The summed E-state index contributed by atoms with van der Waals surface area (Å²) in [7, 11) is 2.01. The zero-order chi connectivity index (χ0) is 15.8. The van der Waals surface area contributed by atoms with Crippen molar-refractivity contribution in [3.8, 4) is 5.75 Å². The van der Waals surface area contributed by atoms with Gasteiger partial charge in [-0.15, -0.1) is 0 Å². The van der Waals surface area contributed by atoms with Crippen LogP contribution in [-0.2, 0) is 7.05 Å². The molecule has 1 aromatic carbocycles. The van der Waals surface area contributed by atoms with Gasteiger partial charge in [-0.25, -0.2) is 0 Å². The SMILES string of the molecule is Cn1nccc1C1CCN(C2COc3ccccc3[C@@H]2O)CC1. The summed E-state index contributed by atoms with van der Waals surface area (Å²) < 4.78 is 7.84. The van der Waals surface area contributed by atoms with Gasteiger partial charge in [0.15, 0.2) is 0 Å². The van der Waals surface area contributed by atoms with E-state index < -0.39 is 6.10 Å². The van der Waals surface area contributed by atoms with Gasteiger partial charge in [-0.3, -0.25) is 9.58 Å². The molecule has 1 aromatic heterocycles. The van der Waals surface area contributed by atoms with Crippen LogP contribution in [0.2, 0.25) is 0 Å². The Morgan fingerprint density at radius 2 is 1.96 bits per heavy atom. The van der Waals surface area contributed by atoms with E-state index in [0.29, 0.717) is 12.5 Å². The van der Waals surface area contributed by atoms with Gasteiger partial charge in [-0.05, 0) is 38.1 Å². The summed E-state index contributed by atoms with van der Waals surface area (Å²) in [5.41, 5.74) is 2.23. The van der Waals surface area contributed by atoms with Gasteiger partial charge in [0, 0.05) is 30.4 Å². The van der Waals surface area contributed by atoms with Crippen molar-refractivity contribution in [2.75, 3.05) is 19.7 Å². The van der Waals surface area contributed by atoms with Crippen LogP contribution in [0.1, 0.15) is 36.1 Å². The van der Waals surface area contributed by atoms with Crippen LogP contribution in [0.3, 0.4) is 0 Å². The fourth-order valence-corrected chi connectivity index (χ4v) is 3.95. The maximum Gasteiger partial charge on any atom is 0.125 e. The van der Waals surface area contributed by atoms with Gasteiger partial charge in [-0.2, -0.15) is 5.10 Å². The summed E-state index contributed by atoms with van der Waals surface area (Å²) in [6.45, 7) is 2.54. The molecular formula is C18H23N3O2. The molecule has 23 heavy (non-hydrogen) atoms. The van der Waals surface area contributed by atoms with E-state index in [2.05, 4.69) is 16.1 Å². The van der Waals surface area contributed by atoms with Gasteiger partial charge in [0.1, 0.15) is 18.5 Å². The Labute approximate surface area is 136 Å². The molecule has 5 heteroatoms. The van der Waals surface area contributed by atoms with Crippen molar-refractivity contribution in [2.24, 2.45) is 7.05 Å². The van der Waals surface area contributed by atoms with Crippen LogP contribution in [0.15, 0.2) is 36.5 Å². The molecule has 2 atom stereocenters. The molecule has 1 unspecified atom stereocenters. The number of fused-ring (bicyclic) bond motifs is 1. The van der Waals surface area contributed by atoms with Crippen molar-refractivity contribution in [1.82, 2.24) is 14.7 Å². The highest BCUT2D eigenvalue weighted by molar-refractivity contribution is 5.37. The number of rotatable bonds is 2. The molecular weight excluding hydrogens is 290 g/mol. The van der Waals surface area contributed by atoms with Crippen molar-refractivity contribution < 1.29 is 9.84 Å². The van der Waals surface area contributed by atoms with E-state index in [9.17, 15) is 5.11 Å². The lowest BCUT2D eigenvalue weighted by molar-refractivity contribution is -0.00695. The molecule has 2 aliphatic heterocycles. The summed E-state index contributed by atoms with van der Waals surface area (Å²) in [4.78, 5) is 2.38. The second kappa shape index (κ2) is 5.98. The van der Waals surface area contributed by atoms with Crippen molar-refractivity contribution >= 4 is 0 Å². The number of aryl methyl sites for hydroxylation is 1. The predicted octanol–water partition coefficient (Wildman–Crippen LogP) is 2.09. The molecule has 122 valence electrons. The third-order valence-corrected chi connectivity index (χ3v) is 5.29. The van der Waals surface area contributed by atoms with E-state index in [1.54, 1.807) is 0 Å². The van der Waals surface area contributed by atoms with Crippen molar-refractivity contribution in [2.45, 2.75) is 30.9 Å². The number of aliphatic hydroxyl groups is 1. The monoisotopic (exact) mass is 313 g/mol. The summed E-state index contributed by atoms with van der Waals surface area (Å²) >= 11 is 0. The molecule has 0 saturated carbocycles. The Morgan fingerprint density at radius 3 is 2.70 bits per heavy atom. The first kappa shape index (κ1) is 14.7. The zero-order valence-electron chi connectivity index (χ0n) is 13.4. The second-order valence-electron chi connectivity index (χ2n) is 6.55. The highest BCUT2D eigenvalue weighted by Crippen LogP contribution is 2.36. The van der Waals surface area contributed by atoms with Crippen LogP contribution < -0.4 is 4.74 Å². The van der Waals surface area contributed by atoms with Gasteiger partial charge < -0.3 is 9.84 Å². The Kier molecular flexibility index (Phi) is 3.83. The largest absolute Gasteiger partial charge is 0.491 e. The summed E-state index contributed by atoms with van der Waals surface area (Å²) in [5, 5.41) is 15.0. The third kappa shape index (κ3) is 2.64. The van der Waals surface area contributed by atoms with Crippen LogP contribution in [0.4, 0.5) is 0 Å². The maximum atomic E-state index is 10.7. The van der Waals surface area contributed by atoms with E-state index in [0.717, 1.165) is 37.2 Å². The molecule has 0 bridgehead atoms. The fourth-order valence-electron chi connectivity index (χ4n) is 3.95. The number of hydrogen-bond acceptors (Lipinski definition) is 4. The lowest BCUT2D eigenvalue weighted by atomic mass is 9.90. The van der Waals surface area contributed by atoms with E-state index >= 15 is 0 Å². The number of ether oxygens (including phenoxy) is 1. The average Bonchev–Trinajstić information content (AvgIpc) is 3.02. The molecule has 4 rings (SSSR count). The molecule has 1 N–H and O–H groups in total. The predicted molar refractivity (Wildman–Crippen MR) is 87.4 cm³/mol. The molecule has 0 amide bonds. The van der Waals surface area contributed by atoms with Gasteiger partial charge in [-0.1, -0.05) is 18.2 Å². The van der Waals surface area contributed by atoms with E-state index in [1.165, 1.54) is 5.69 Å². The minimum Gasteiger partial charge on any atom is -0.491 e. The van der Waals surface area contributed by atoms with Gasteiger partial charge in [0.25, 0.3) is 0 Å². The van der Waals surface area contributed by atoms with Crippen LogP contribution in [-0.4, -0.2) is 45.5 Å². The number of hydrogen-bond donors (Lipinski definition) is 1. The van der Waals surface area contributed by atoms with Crippen molar-refractivity contribution in [1.29, 1.82) is 0 Å². The Hall–Kier alpha value is -1.85. The lowest BCUT2D eigenvalue weighted by Gasteiger charge is -2.41. The number of benzene rings is 1. The highest BCUT2D eigenvalue weighted by atomic mass is 16.5. The minimum absolute atomic E-state index is 0.0531. The van der Waals surface area contributed by atoms with E-state index in [4.69, 9.17) is 4.74 Å².